The quantitative estimate of drug-likeness (QED) is 0.524. The number of para-hydroxylation sites is 1. The molecule has 0 saturated heterocycles. The minimum atomic E-state index is -3.93. The zero-order valence-electron chi connectivity index (χ0n) is 18.5. The van der Waals surface area contributed by atoms with Gasteiger partial charge < -0.3 is 10.1 Å². The number of hydrogen-bond acceptors (Lipinski definition) is 4. The number of nitrogens with one attached hydrogen (secondary N) is 1. The average Bonchev–Trinajstić information content (AvgIpc) is 2.83. The maximum absolute atomic E-state index is 13.4. The molecule has 1 unspecified atom stereocenters. The van der Waals surface area contributed by atoms with Gasteiger partial charge in [0.1, 0.15) is 12.3 Å². The zero-order chi connectivity index (χ0) is 23.1. The fourth-order valence-corrected chi connectivity index (χ4v) is 4.89. The van der Waals surface area contributed by atoms with Gasteiger partial charge >= 0.3 is 0 Å². The maximum Gasteiger partial charge on any atom is 0.264 e. The summed E-state index contributed by atoms with van der Waals surface area (Å²) in [5.74, 6) is 0.242. The van der Waals surface area contributed by atoms with Gasteiger partial charge in [-0.1, -0.05) is 55.5 Å². The van der Waals surface area contributed by atoms with E-state index in [9.17, 15) is 13.2 Å². The number of nitrogens with zero attached hydrogens (tertiary/aromatic N) is 1. The number of amides is 1. The van der Waals surface area contributed by atoms with Crippen LogP contribution in [0.4, 0.5) is 5.69 Å². The molecule has 168 valence electrons. The van der Waals surface area contributed by atoms with Crippen molar-refractivity contribution in [1.29, 1.82) is 0 Å². The molecule has 0 fully saturated rings. The third kappa shape index (κ3) is 5.29. The number of anilines is 1. The molecule has 0 bridgehead atoms. The summed E-state index contributed by atoms with van der Waals surface area (Å²) in [5, 5.41) is 2.89. The third-order valence-corrected chi connectivity index (χ3v) is 7.02. The fraction of sp³-hybridized carbons (Fsp3) is 0.240. The highest BCUT2D eigenvalue weighted by Crippen LogP contribution is 2.26. The molecule has 3 rings (SSSR count). The maximum atomic E-state index is 13.4. The molecule has 0 aromatic heterocycles. The second-order valence-electron chi connectivity index (χ2n) is 7.38. The van der Waals surface area contributed by atoms with Crippen LogP contribution in [0.3, 0.4) is 0 Å². The van der Waals surface area contributed by atoms with Crippen molar-refractivity contribution < 1.29 is 17.9 Å². The first-order valence-electron chi connectivity index (χ1n) is 10.5. The normalized spacial score (nSPS) is 12.1. The van der Waals surface area contributed by atoms with Crippen molar-refractivity contribution in [3.63, 3.8) is 0 Å². The number of sulfonamides is 1. The minimum Gasteiger partial charge on any atom is -0.496 e. The highest BCUT2D eigenvalue weighted by Gasteiger charge is 2.27. The predicted molar refractivity (Wildman–Crippen MR) is 126 cm³/mol. The molecule has 7 heteroatoms. The Morgan fingerprint density at radius 2 is 1.59 bits per heavy atom. The van der Waals surface area contributed by atoms with Crippen LogP contribution in [0.5, 0.6) is 5.75 Å². The van der Waals surface area contributed by atoms with Crippen LogP contribution < -0.4 is 14.4 Å². The Morgan fingerprint density at radius 1 is 0.969 bits per heavy atom. The van der Waals surface area contributed by atoms with Crippen molar-refractivity contribution in [3.05, 3.63) is 90.0 Å². The molecule has 1 N–H and O–H groups in total. The lowest BCUT2D eigenvalue weighted by atomic mass is 10.1. The van der Waals surface area contributed by atoms with Crippen LogP contribution in [0.25, 0.3) is 0 Å². The molecule has 0 aliphatic heterocycles. The molecule has 6 nitrogen and oxygen atoms in total. The number of carbonyl (C=O) groups is 1. The number of hydrogen-bond donors (Lipinski definition) is 1. The van der Waals surface area contributed by atoms with Crippen molar-refractivity contribution in [2.75, 3.05) is 18.0 Å². The van der Waals surface area contributed by atoms with Gasteiger partial charge in [0.05, 0.1) is 23.7 Å². The zero-order valence-corrected chi connectivity index (χ0v) is 19.3. The van der Waals surface area contributed by atoms with E-state index in [0.717, 1.165) is 21.9 Å². The number of aryl methyl sites for hydroxylation is 1. The third-order valence-electron chi connectivity index (χ3n) is 5.23. The van der Waals surface area contributed by atoms with E-state index in [1.807, 2.05) is 50.2 Å². The molecule has 0 aliphatic carbocycles. The van der Waals surface area contributed by atoms with Crippen LogP contribution in [-0.2, 0) is 21.2 Å². The van der Waals surface area contributed by atoms with Crippen LogP contribution in [-0.4, -0.2) is 28.0 Å². The van der Waals surface area contributed by atoms with Gasteiger partial charge in [-0.2, -0.15) is 0 Å². The first-order valence-corrected chi connectivity index (χ1v) is 11.9. The number of carbonyl (C=O) groups excluding carboxylic acids is 1. The second kappa shape index (κ2) is 10.3. The monoisotopic (exact) mass is 452 g/mol. The Morgan fingerprint density at radius 3 is 2.22 bits per heavy atom. The summed E-state index contributed by atoms with van der Waals surface area (Å²) in [6.45, 7) is 3.52. The average molecular weight is 453 g/mol. The number of benzene rings is 3. The minimum absolute atomic E-state index is 0.130. The van der Waals surface area contributed by atoms with E-state index in [0.29, 0.717) is 11.4 Å². The molecule has 1 atom stereocenters. The van der Waals surface area contributed by atoms with E-state index in [4.69, 9.17) is 4.74 Å². The Hall–Kier alpha value is -3.32. The van der Waals surface area contributed by atoms with Crippen molar-refractivity contribution in [2.45, 2.75) is 31.2 Å². The van der Waals surface area contributed by atoms with Gasteiger partial charge in [0, 0.05) is 5.56 Å². The SMILES string of the molecule is CCc1ccc(N(CC(=O)NC(C)c2ccccc2OC)S(=O)(=O)c2ccccc2)cc1. The topological polar surface area (TPSA) is 75.7 Å². The molecule has 3 aromatic carbocycles. The summed E-state index contributed by atoms with van der Waals surface area (Å²) in [6, 6.07) is 22.4. The number of rotatable bonds is 9. The molecule has 1 amide bonds. The van der Waals surface area contributed by atoms with E-state index in [2.05, 4.69) is 5.32 Å². The van der Waals surface area contributed by atoms with Crippen LogP contribution in [0.15, 0.2) is 83.8 Å². The van der Waals surface area contributed by atoms with Gasteiger partial charge in [-0.15, -0.1) is 0 Å². The summed E-state index contributed by atoms with van der Waals surface area (Å²) in [7, 11) is -2.36. The Labute approximate surface area is 189 Å². The Bertz CT molecular complexity index is 1150. The molecule has 0 spiro atoms. The largest absolute Gasteiger partial charge is 0.496 e. The van der Waals surface area contributed by atoms with Crippen LogP contribution in [0.1, 0.15) is 31.0 Å². The smallest absolute Gasteiger partial charge is 0.264 e. The van der Waals surface area contributed by atoms with E-state index in [1.165, 1.54) is 12.1 Å². The highest BCUT2D eigenvalue weighted by atomic mass is 32.2. The van der Waals surface area contributed by atoms with E-state index < -0.39 is 15.9 Å². The van der Waals surface area contributed by atoms with Crippen molar-refractivity contribution in [1.82, 2.24) is 5.32 Å². The van der Waals surface area contributed by atoms with E-state index in [1.54, 1.807) is 37.4 Å². The summed E-state index contributed by atoms with van der Waals surface area (Å²) in [4.78, 5) is 13.1. The summed E-state index contributed by atoms with van der Waals surface area (Å²) >= 11 is 0. The van der Waals surface area contributed by atoms with Gasteiger partial charge in [-0.05, 0) is 49.2 Å². The molecular formula is C25H28N2O4S. The Balaban J connectivity index is 1.89. The number of ether oxygens (including phenoxy) is 1. The molecule has 0 saturated carbocycles. The first kappa shape index (κ1) is 23.3. The van der Waals surface area contributed by atoms with Gasteiger partial charge in [0.15, 0.2) is 0 Å². The first-order chi connectivity index (χ1) is 15.4. The lowest BCUT2D eigenvalue weighted by molar-refractivity contribution is -0.120. The van der Waals surface area contributed by atoms with Crippen LogP contribution in [0, 0.1) is 0 Å². The van der Waals surface area contributed by atoms with Crippen LogP contribution >= 0.6 is 0 Å². The summed E-state index contributed by atoms with van der Waals surface area (Å²) in [6.07, 6.45) is 0.836. The van der Waals surface area contributed by atoms with Crippen molar-refractivity contribution in [2.24, 2.45) is 0 Å². The summed E-state index contributed by atoms with van der Waals surface area (Å²) < 4.78 is 33.3. The second-order valence-corrected chi connectivity index (χ2v) is 9.24. The fourth-order valence-electron chi connectivity index (χ4n) is 3.45. The molecule has 0 heterocycles. The highest BCUT2D eigenvalue weighted by molar-refractivity contribution is 7.92. The lowest BCUT2D eigenvalue weighted by Crippen LogP contribution is -2.41. The Kier molecular flexibility index (Phi) is 7.53. The van der Waals surface area contributed by atoms with Crippen molar-refractivity contribution in [3.8, 4) is 5.75 Å². The van der Waals surface area contributed by atoms with Gasteiger partial charge in [-0.25, -0.2) is 8.42 Å². The summed E-state index contributed by atoms with van der Waals surface area (Å²) in [5.41, 5.74) is 2.33. The molecule has 3 aromatic rings. The van der Waals surface area contributed by atoms with E-state index >= 15 is 0 Å². The standard InChI is InChI=1S/C25H28N2O4S/c1-4-20-14-16-21(17-15-20)27(32(29,30)22-10-6-5-7-11-22)18-25(28)26-19(2)23-12-8-9-13-24(23)31-3/h5-17,19H,4,18H2,1-3H3,(H,26,28). The van der Waals surface area contributed by atoms with Gasteiger partial charge in [0.25, 0.3) is 10.0 Å². The van der Waals surface area contributed by atoms with Gasteiger partial charge in [-0.3, -0.25) is 9.10 Å². The molecule has 0 radical (unpaired) electrons. The van der Waals surface area contributed by atoms with Crippen molar-refractivity contribution >= 4 is 21.6 Å². The lowest BCUT2D eigenvalue weighted by Gasteiger charge is -2.25. The number of methoxy groups -OCH3 is 1. The molecule has 0 aliphatic rings. The van der Waals surface area contributed by atoms with Crippen LogP contribution in [0.2, 0.25) is 0 Å². The van der Waals surface area contributed by atoms with E-state index in [-0.39, 0.29) is 17.5 Å². The predicted octanol–water partition coefficient (Wildman–Crippen LogP) is 4.33. The van der Waals surface area contributed by atoms with Gasteiger partial charge in [0.2, 0.25) is 5.91 Å². The molecular weight excluding hydrogens is 424 g/mol. The molecule has 32 heavy (non-hydrogen) atoms.